The Hall–Kier alpha value is -2.79. The molecule has 2 heterocycles. The molecular formula is C23H30N2O8. The maximum atomic E-state index is 12.6. The lowest BCUT2D eigenvalue weighted by molar-refractivity contribution is -0.169. The average molecular weight is 462 g/mol. The van der Waals surface area contributed by atoms with E-state index in [4.69, 9.17) is 18.9 Å². The Morgan fingerprint density at radius 1 is 1.18 bits per heavy atom. The molecule has 1 saturated heterocycles. The first-order chi connectivity index (χ1) is 15.6. The van der Waals surface area contributed by atoms with E-state index < -0.39 is 53.3 Å². The number of hydrogen-bond donors (Lipinski definition) is 2. The van der Waals surface area contributed by atoms with Crippen molar-refractivity contribution >= 4 is 5.97 Å². The van der Waals surface area contributed by atoms with Gasteiger partial charge in [-0.15, -0.1) is 0 Å². The topological polar surface area (TPSA) is 129 Å². The molecule has 1 aliphatic rings. The van der Waals surface area contributed by atoms with E-state index in [9.17, 15) is 19.5 Å². The number of nitrogens with zero attached hydrogens (tertiary/aromatic N) is 1. The zero-order valence-corrected chi connectivity index (χ0v) is 19.1. The Balaban J connectivity index is 1.82. The maximum Gasteiger partial charge on any atom is 0.330 e. The maximum absolute atomic E-state index is 12.6. The molecule has 0 radical (unpaired) electrons. The molecule has 180 valence electrons. The summed E-state index contributed by atoms with van der Waals surface area (Å²) in [5.74, 6) is -0.531. The lowest BCUT2D eigenvalue weighted by Crippen LogP contribution is -2.45. The molecule has 10 heteroatoms. The van der Waals surface area contributed by atoms with E-state index >= 15 is 0 Å². The quantitative estimate of drug-likeness (QED) is 0.556. The van der Waals surface area contributed by atoms with Gasteiger partial charge in [-0.05, 0) is 26.3 Å². The van der Waals surface area contributed by atoms with Crippen LogP contribution in [0.3, 0.4) is 0 Å². The van der Waals surface area contributed by atoms with Crippen LogP contribution in [0.2, 0.25) is 0 Å². The molecule has 0 spiro atoms. The Bertz CT molecular complexity index is 1040. The van der Waals surface area contributed by atoms with Gasteiger partial charge in [0, 0.05) is 19.4 Å². The van der Waals surface area contributed by atoms with Gasteiger partial charge in [0.15, 0.2) is 12.3 Å². The molecular weight excluding hydrogens is 432 g/mol. The van der Waals surface area contributed by atoms with Crippen LogP contribution in [0.4, 0.5) is 0 Å². The summed E-state index contributed by atoms with van der Waals surface area (Å²) in [7, 11) is 1.40. The molecule has 0 unspecified atom stereocenters. The molecule has 3 rings (SSSR count). The molecule has 0 amide bonds. The Labute approximate surface area is 191 Å². The van der Waals surface area contributed by atoms with Crippen molar-refractivity contribution in [2.75, 3.05) is 13.7 Å². The van der Waals surface area contributed by atoms with Gasteiger partial charge in [-0.3, -0.25) is 19.1 Å². The van der Waals surface area contributed by atoms with E-state index in [1.807, 2.05) is 30.3 Å². The first-order valence-corrected chi connectivity index (χ1v) is 10.6. The summed E-state index contributed by atoms with van der Waals surface area (Å²) in [6, 6.07) is 10.6. The number of carbonyl (C=O) groups is 1. The monoisotopic (exact) mass is 462 g/mol. The number of esters is 1. The molecule has 2 aromatic rings. The number of ether oxygens (including phenoxy) is 4. The van der Waals surface area contributed by atoms with Crippen molar-refractivity contribution in [3.63, 3.8) is 0 Å². The van der Waals surface area contributed by atoms with Gasteiger partial charge in [0.05, 0.1) is 18.6 Å². The van der Waals surface area contributed by atoms with Gasteiger partial charge in [0.2, 0.25) is 0 Å². The van der Waals surface area contributed by atoms with E-state index in [0.29, 0.717) is 0 Å². The van der Waals surface area contributed by atoms with Crippen LogP contribution in [0.15, 0.2) is 52.2 Å². The lowest BCUT2D eigenvalue weighted by Gasteiger charge is -2.27. The SMILES string of the molecule is CO[C@H]1[C@@H](OC(=O)C(C)(C)C)[C@H](n2ccc(=O)[nH]c2=O)O[C@@H]1[C@@H](O)COCc1ccccc1. The van der Waals surface area contributed by atoms with E-state index in [1.54, 1.807) is 20.8 Å². The van der Waals surface area contributed by atoms with Crippen molar-refractivity contribution in [3.8, 4) is 0 Å². The zero-order chi connectivity index (χ0) is 24.2. The highest BCUT2D eigenvalue weighted by molar-refractivity contribution is 5.75. The molecule has 2 N–H and O–H groups in total. The fraction of sp³-hybridized carbons (Fsp3) is 0.522. The van der Waals surface area contributed by atoms with Gasteiger partial charge in [0.25, 0.3) is 5.56 Å². The van der Waals surface area contributed by atoms with Crippen molar-refractivity contribution in [1.29, 1.82) is 0 Å². The summed E-state index contributed by atoms with van der Waals surface area (Å²) in [5.41, 5.74) is -1.20. The second-order valence-electron chi connectivity index (χ2n) is 8.90. The normalized spacial score (nSPS) is 23.9. The van der Waals surface area contributed by atoms with Gasteiger partial charge >= 0.3 is 11.7 Å². The number of aromatic amines is 1. The third-order valence-electron chi connectivity index (χ3n) is 5.26. The van der Waals surface area contributed by atoms with Crippen molar-refractivity contribution < 1.29 is 28.8 Å². The van der Waals surface area contributed by atoms with Crippen LogP contribution in [0.5, 0.6) is 0 Å². The lowest BCUT2D eigenvalue weighted by atomic mass is 9.97. The van der Waals surface area contributed by atoms with Gasteiger partial charge in [-0.25, -0.2) is 4.79 Å². The minimum Gasteiger partial charge on any atom is -0.454 e. The van der Waals surface area contributed by atoms with Crippen LogP contribution in [-0.2, 0) is 30.3 Å². The van der Waals surface area contributed by atoms with E-state index in [1.165, 1.54) is 13.3 Å². The highest BCUT2D eigenvalue weighted by atomic mass is 16.6. The third kappa shape index (κ3) is 5.97. The fourth-order valence-electron chi connectivity index (χ4n) is 3.49. The number of aliphatic hydroxyl groups is 1. The summed E-state index contributed by atoms with van der Waals surface area (Å²) < 4.78 is 23.9. The molecule has 0 saturated carbocycles. The molecule has 5 atom stereocenters. The standard InChI is InChI=1S/C23H30N2O8/c1-23(2,3)21(28)33-19-18(30-4)17(15(26)13-31-12-14-8-6-5-7-9-14)32-20(19)25-11-10-16(27)24-22(25)29/h5-11,15,17-20,26H,12-13H2,1-4H3,(H,24,27,29)/t15-,17+,18+,19+,20+/m0/s1. The first-order valence-electron chi connectivity index (χ1n) is 10.6. The van der Waals surface area contributed by atoms with Crippen LogP contribution < -0.4 is 11.2 Å². The number of methoxy groups -OCH3 is 1. The number of rotatable bonds is 8. The molecule has 0 bridgehead atoms. The molecule has 1 fully saturated rings. The summed E-state index contributed by atoms with van der Waals surface area (Å²) in [6.45, 7) is 5.29. The van der Waals surface area contributed by atoms with Gasteiger partial charge < -0.3 is 24.1 Å². The fourth-order valence-corrected chi connectivity index (χ4v) is 3.49. The van der Waals surface area contributed by atoms with E-state index in [-0.39, 0.29) is 13.2 Å². The first kappa shape index (κ1) is 24.8. The zero-order valence-electron chi connectivity index (χ0n) is 19.1. The largest absolute Gasteiger partial charge is 0.454 e. The van der Waals surface area contributed by atoms with E-state index in [0.717, 1.165) is 16.2 Å². The smallest absolute Gasteiger partial charge is 0.330 e. The molecule has 1 aromatic heterocycles. The van der Waals surface area contributed by atoms with Crippen molar-refractivity contribution in [2.45, 2.75) is 58.0 Å². The Morgan fingerprint density at radius 3 is 2.48 bits per heavy atom. The minimum absolute atomic E-state index is 0.0768. The molecule has 1 aliphatic heterocycles. The highest BCUT2D eigenvalue weighted by Crippen LogP contribution is 2.35. The Kier molecular flexibility index (Phi) is 7.85. The molecule has 10 nitrogen and oxygen atoms in total. The predicted molar refractivity (Wildman–Crippen MR) is 117 cm³/mol. The molecule has 1 aromatic carbocycles. The number of H-pyrrole nitrogens is 1. The van der Waals surface area contributed by atoms with Crippen molar-refractivity contribution in [3.05, 3.63) is 69.0 Å². The van der Waals surface area contributed by atoms with Crippen molar-refractivity contribution in [1.82, 2.24) is 9.55 Å². The van der Waals surface area contributed by atoms with Gasteiger partial charge in [0.1, 0.15) is 18.3 Å². The second kappa shape index (κ2) is 10.4. The Morgan fingerprint density at radius 2 is 1.88 bits per heavy atom. The van der Waals surface area contributed by atoms with Gasteiger partial charge in [-0.1, -0.05) is 30.3 Å². The number of hydrogen-bond acceptors (Lipinski definition) is 8. The second-order valence-corrected chi connectivity index (χ2v) is 8.90. The van der Waals surface area contributed by atoms with Crippen LogP contribution >= 0.6 is 0 Å². The third-order valence-corrected chi connectivity index (χ3v) is 5.26. The number of benzene rings is 1. The predicted octanol–water partition coefficient (Wildman–Crippen LogP) is 0.985. The van der Waals surface area contributed by atoms with E-state index in [2.05, 4.69) is 4.98 Å². The number of aromatic nitrogens is 2. The number of aliphatic hydroxyl groups excluding tert-OH is 1. The highest BCUT2D eigenvalue weighted by Gasteiger charge is 2.52. The van der Waals surface area contributed by atoms with Crippen LogP contribution in [-0.4, -0.2) is 58.8 Å². The van der Waals surface area contributed by atoms with Crippen LogP contribution in [0.1, 0.15) is 32.6 Å². The minimum atomic E-state index is -1.14. The summed E-state index contributed by atoms with van der Waals surface area (Å²) in [4.78, 5) is 38.7. The summed E-state index contributed by atoms with van der Waals surface area (Å²) in [6.07, 6.45) is -3.93. The van der Waals surface area contributed by atoms with Gasteiger partial charge in [-0.2, -0.15) is 0 Å². The van der Waals surface area contributed by atoms with Crippen LogP contribution in [0.25, 0.3) is 0 Å². The summed E-state index contributed by atoms with van der Waals surface area (Å²) >= 11 is 0. The van der Waals surface area contributed by atoms with Crippen molar-refractivity contribution in [2.24, 2.45) is 5.41 Å². The number of nitrogens with one attached hydrogen (secondary N) is 1. The molecule has 33 heavy (non-hydrogen) atoms. The molecule has 0 aliphatic carbocycles. The number of carbonyl (C=O) groups excluding carboxylic acids is 1. The van der Waals surface area contributed by atoms with Crippen LogP contribution in [0, 0.1) is 5.41 Å². The average Bonchev–Trinajstić information content (AvgIpc) is 3.11. The summed E-state index contributed by atoms with van der Waals surface area (Å²) in [5, 5.41) is 10.8.